The van der Waals surface area contributed by atoms with Gasteiger partial charge < -0.3 is 10.1 Å². The standard InChI is InChI=1S/C21H19Cl3N2O3/c1-11(2)10-26-20(27)18(14-6-4-12(22)8-15(14)24)19(21(26)28)25-16-9-13(23)5-7-17(16)29-3/h4-9,11,25H,10H2,1-3H3. The van der Waals surface area contributed by atoms with Crippen LogP contribution in [0.1, 0.15) is 19.4 Å². The number of benzene rings is 2. The van der Waals surface area contributed by atoms with Gasteiger partial charge in [0.15, 0.2) is 0 Å². The van der Waals surface area contributed by atoms with Crippen LogP contribution in [0.4, 0.5) is 5.69 Å². The van der Waals surface area contributed by atoms with Crippen molar-refractivity contribution in [2.45, 2.75) is 13.8 Å². The maximum absolute atomic E-state index is 13.2. The van der Waals surface area contributed by atoms with Crippen LogP contribution in [0.5, 0.6) is 5.75 Å². The minimum absolute atomic E-state index is 0.102. The highest BCUT2D eigenvalue weighted by Gasteiger charge is 2.40. The highest BCUT2D eigenvalue weighted by molar-refractivity contribution is 6.41. The number of nitrogens with one attached hydrogen (secondary N) is 1. The zero-order valence-electron chi connectivity index (χ0n) is 16.1. The summed E-state index contributed by atoms with van der Waals surface area (Å²) in [6.07, 6.45) is 0. The molecule has 2 aromatic rings. The summed E-state index contributed by atoms with van der Waals surface area (Å²) in [6, 6.07) is 9.75. The number of hydrogen-bond acceptors (Lipinski definition) is 4. The van der Waals surface area contributed by atoms with Crippen LogP contribution >= 0.6 is 34.8 Å². The number of rotatable bonds is 6. The summed E-state index contributed by atoms with van der Waals surface area (Å²) in [6.45, 7) is 4.14. The van der Waals surface area contributed by atoms with Crippen LogP contribution in [-0.2, 0) is 9.59 Å². The molecule has 1 N–H and O–H groups in total. The summed E-state index contributed by atoms with van der Waals surface area (Å²) in [4.78, 5) is 27.5. The minimum atomic E-state index is -0.438. The Bertz CT molecular complexity index is 1020. The van der Waals surface area contributed by atoms with E-state index < -0.39 is 11.8 Å². The van der Waals surface area contributed by atoms with Gasteiger partial charge in [-0.2, -0.15) is 0 Å². The number of amides is 2. The summed E-state index contributed by atoms with van der Waals surface area (Å²) in [5.41, 5.74) is 1.18. The summed E-state index contributed by atoms with van der Waals surface area (Å²) >= 11 is 18.5. The van der Waals surface area contributed by atoms with Crippen molar-refractivity contribution in [3.8, 4) is 5.75 Å². The van der Waals surface area contributed by atoms with E-state index in [1.165, 1.54) is 18.1 Å². The predicted octanol–water partition coefficient (Wildman–Crippen LogP) is 5.50. The normalized spacial score (nSPS) is 14.2. The molecule has 0 aliphatic carbocycles. The average Bonchev–Trinajstić information content (AvgIpc) is 2.86. The maximum Gasteiger partial charge on any atom is 0.278 e. The maximum atomic E-state index is 13.2. The van der Waals surface area contributed by atoms with Gasteiger partial charge in [0.1, 0.15) is 11.4 Å². The molecule has 29 heavy (non-hydrogen) atoms. The summed E-state index contributed by atoms with van der Waals surface area (Å²) < 4.78 is 5.35. The lowest BCUT2D eigenvalue weighted by molar-refractivity contribution is -0.137. The van der Waals surface area contributed by atoms with Gasteiger partial charge in [-0.15, -0.1) is 0 Å². The fraction of sp³-hybridized carbons (Fsp3) is 0.238. The van der Waals surface area contributed by atoms with Gasteiger partial charge in [0.25, 0.3) is 11.8 Å². The molecule has 1 aliphatic heterocycles. The number of ether oxygens (including phenoxy) is 1. The molecule has 2 aromatic carbocycles. The van der Waals surface area contributed by atoms with E-state index in [1.807, 2.05) is 13.8 Å². The fourth-order valence-electron chi connectivity index (χ4n) is 3.08. The zero-order valence-corrected chi connectivity index (χ0v) is 18.3. The van der Waals surface area contributed by atoms with Crippen molar-refractivity contribution in [2.24, 2.45) is 5.92 Å². The third kappa shape index (κ3) is 4.37. The first kappa shape index (κ1) is 21.5. The van der Waals surface area contributed by atoms with Crippen LogP contribution in [0.3, 0.4) is 0 Å². The molecule has 0 spiro atoms. The first-order chi connectivity index (χ1) is 13.7. The second-order valence-electron chi connectivity index (χ2n) is 6.96. The Labute approximate surface area is 184 Å². The monoisotopic (exact) mass is 452 g/mol. The third-order valence-corrected chi connectivity index (χ3v) is 5.12. The Kier molecular flexibility index (Phi) is 6.42. The largest absolute Gasteiger partial charge is 0.495 e. The lowest BCUT2D eigenvalue weighted by Crippen LogP contribution is -2.35. The second-order valence-corrected chi connectivity index (χ2v) is 8.24. The van der Waals surface area contributed by atoms with Crippen molar-refractivity contribution in [1.82, 2.24) is 4.90 Å². The van der Waals surface area contributed by atoms with Crippen LogP contribution in [0.25, 0.3) is 5.57 Å². The minimum Gasteiger partial charge on any atom is -0.495 e. The number of carbonyl (C=O) groups excluding carboxylic acids is 2. The van der Waals surface area contributed by atoms with Crippen LogP contribution in [-0.4, -0.2) is 30.4 Å². The molecule has 1 heterocycles. The quantitative estimate of drug-likeness (QED) is 0.586. The molecule has 0 saturated heterocycles. The van der Waals surface area contributed by atoms with Crippen molar-refractivity contribution in [2.75, 3.05) is 19.0 Å². The van der Waals surface area contributed by atoms with Crippen molar-refractivity contribution < 1.29 is 14.3 Å². The number of carbonyl (C=O) groups is 2. The molecular formula is C21H19Cl3N2O3. The van der Waals surface area contributed by atoms with E-state index >= 15 is 0 Å². The summed E-state index contributed by atoms with van der Waals surface area (Å²) in [7, 11) is 1.51. The van der Waals surface area contributed by atoms with Crippen LogP contribution in [0.15, 0.2) is 42.1 Å². The second kappa shape index (κ2) is 8.66. The van der Waals surface area contributed by atoms with E-state index in [1.54, 1.807) is 30.3 Å². The van der Waals surface area contributed by atoms with Crippen LogP contribution < -0.4 is 10.1 Å². The third-order valence-electron chi connectivity index (χ3n) is 4.34. The Morgan fingerprint density at radius 1 is 1.00 bits per heavy atom. The number of halogens is 3. The highest BCUT2D eigenvalue weighted by Crippen LogP contribution is 2.37. The Hall–Kier alpha value is -2.21. The first-order valence-corrected chi connectivity index (χ1v) is 10.0. The van der Waals surface area contributed by atoms with E-state index in [4.69, 9.17) is 39.5 Å². The van der Waals surface area contributed by atoms with E-state index in [0.717, 1.165) is 0 Å². The number of imide groups is 1. The van der Waals surface area contributed by atoms with Gasteiger partial charge in [0, 0.05) is 22.2 Å². The van der Waals surface area contributed by atoms with Gasteiger partial charge in [0.2, 0.25) is 0 Å². The van der Waals surface area contributed by atoms with Crippen molar-refractivity contribution in [3.63, 3.8) is 0 Å². The van der Waals surface area contributed by atoms with E-state index in [0.29, 0.717) is 27.0 Å². The van der Waals surface area contributed by atoms with Crippen molar-refractivity contribution in [1.29, 1.82) is 0 Å². The molecule has 0 unspecified atom stereocenters. The topological polar surface area (TPSA) is 58.6 Å². The van der Waals surface area contributed by atoms with Crippen molar-refractivity contribution in [3.05, 3.63) is 62.7 Å². The highest BCUT2D eigenvalue weighted by atomic mass is 35.5. The smallest absolute Gasteiger partial charge is 0.278 e. The number of methoxy groups -OCH3 is 1. The van der Waals surface area contributed by atoms with Gasteiger partial charge in [-0.1, -0.05) is 54.7 Å². The molecule has 0 aromatic heterocycles. The van der Waals surface area contributed by atoms with E-state index in [9.17, 15) is 9.59 Å². The average molecular weight is 454 g/mol. The van der Waals surface area contributed by atoms with Crippen molar-refractivity contribution >= 4 is 57.9 Å². The number of hydrogen-bond donors (Lipinski definition) is 1. The van der Waals surface area contributed by atoms with Crippen LogP contribution in [0, 0.1) is 5.92 Å². The van der Waals surface area contributed by atoms with E-state index in [-0.39, 0.29) is 28.8 Å². The molecule has 0 atom stereocenters. The lowest BCUT2D eigenvalue weighted by atomic mass is 10.0. The van der Waals surface area contributed by atoms with Gasteiger partial charge in [-0.3, -0.25) is 14.5 Å². The lowest BCUT2D eigenvalue weighted by Gasteiger charge is -2.18. The Balaban J connectivity index is 2.16. The van der Waals surface area contributed by atoms with Gasteiger partial charge in [-0.05, 0) is 36.2 Å². The number of anilines is 1. The molecule has 2 amide bonds. The molecule has 0 radical (unpaired) electrons. The van der Waals surface area contributed by atoms with E-state index in [2.05, 4.69) is 5.32 Å². The van der Waals surface area contributed by atoms with Gasteiger partial charge >= 0.3 is 0 Å². The molecule has 3 rings (SSSR count). The molecule has 0 saturated carbocycles. The predicted molar refractivity (Wildman–Crippen MR) is 117 cm³/mol. The molecule has 0 bridgehead atoms. The fourth-order valence-corrected chi connectivity index (χ4v) is 3.75. The van der Waals surface area contributed by atoms with Gasteiger partial charge in [-0.25, -0.2) is 0 Å². The van der Waals surface area contributed by atoms with Crippen LogP contribution in [0.2, 0.25) is 15.1 Å². The molecular weight excluding hydrogens is 435 g/mol. The summed E-state index contributed by atoms with van der Waals surface area (Å²) in [5.74, 6) is -0.279. The molecule has 8 heteroatoms. The Morgan fingerprint density at radius 2 is 1.66 bits per heavy atom. The number of nitrogens with zero attached hydrogens (tertiary/aromatic N) is 1. The SMILES string of the molecule is COc1ccc(Cl)cc1NC1=C(c2ccc(Cl)cc2Cl)C(=O)N(CC(C)C)C1=O. The molecule has 5 nitrogen and oxygen atoms in total. The zero-order chi connectivity index (χ0) is 21.3. The molecule has 0 fully saturated rings. The molecule has 1 aliphatic rings. The Morgan fingerprint density at radius 3 is 2.28 bits per heavy atom. The summed E-state index contributed by atoms with van der Waals surface area (Å²) in [5, 5.41) is 4.20. The molecule has 152 valence electrons. The first-order valence-electron chi connectivity index (χ1n) is 8.89. The van der Waals surface area contributed by atoms with Gasteiger partial charge in [0.05, 0.1) is 23.4 Å².